The summed E-state index contributed by atoms with van der Waals surface area (Å²) in [6.45, 7) is -0.0454. The number of benzene rings is 1. The van der Waals surface area contributed by atoms with Crippen LogP contribution in [0.25, 0.3) is 11.2 Å². The van der Waals surface area contributed by atoms with Crippen LogP contribution < -0.4 is 24.2 Å². The van der Waals surface area contributed by atoms with Gasteiger partial charge in [0.25, 0.3) is 5.52 Å². The Morgan fingerprint density at radius 1 is 1.21 bits per heavy atom. The van der Waals surface area contributed by atoms with Crippen LogP contribution >= 0.6 is 0 Å². The number of imidazole rings is 1. The number of aromatic nitrogens is 5. The standard InChI is InChI=1S/C24H21F4N5O5/c1-31-19-18(20(34)32(22(31)35)10-9-23(36)7-8-23)33(13-15-6-5-14(25)12-29-15)21(30-19)37-16-3-2-4-17(11-16)38-24(26,27)28/h2-6,11-12,36H,7-10,13H2,1H3/p+2. The van der Waals surface area contributed by atoms with Crippen LogP contribution in [0, 0.1) is 5.82 Å². The van der Waals surface area contributed by atoms with E-state index in [2.05, 4.69) is 14.7 Å². The fourth-order valence-electron chi connectivity index (χ4n) is 4.07. The molecule has 0 bridgehead atoms. The zero-order valence-corrected chi connectivity index (χ0v) is 20.0. The van der Waals surface area contributed by atoms with Crippen molar-refractivity contribution in [3.63, 3.8) is 0 Å². The molecule has 5 rings (SSSR count). The van der Waals surface area contributed by atoms with Gasteiger partial charge in [-0.15, -0.1) is 13.2 Å². The highest BCUT2D eigenvalue weighted by molar-refractivity contribution is 5.62. The van der Waals surface area contributed by atoms with Gasteiger partial charge in [-0.2, -0.15) is 18.7 Å². The Morgan fingerprint density at radius 2 is 1.95 bits per heavy atom. The number of rotatable bonds is 8. The molecule has 0 atom stereocenters. The molecule has 3 heterocycles. The molecule has 10 nitrogen and oxygen atoms in total. The average molecular weight is 537 g/mol. The van der Waals surface area contributed by atoms with Crippen LogP contribution in [-0.4, -0.2) is 36.7 Å². The summed E-state index contributed by atoms with van der Waals surface area (Å²) in [7, 11) is 1.50. The van der Waals surface area contributed by atoms with Crippen LogP contribution in [0.1, 0.15) is 25.0 Å². The molecule has 3 aromatic heterocycles. The molecule has 1 aliphatic carbocycles. The van der Waals surface area contributed by atoms with E-state index in [1.54, 1.807) is 0 Å². The molecule has 0 spiro atoms. The number of aliphatic hydroxyl groups is 1. The monoisotopic (exact) mass is 537 g/mol. The molecule has 200 valence electrons. The molecule has 4 aromatic rings. The Hall–Kier alpha value is -4.20. The van der Waals surface area contributed by atoms with Crippen molar-refractivity contribution in [2.45, 2.75) is 44.3 Å². The largest absolute Gasteiger partial charge is 0.573 e. The summed E-state index contributed by atoms with van der Waals surface area (Å²) in [5.41, 5.74) is -0.929. The number of ether oxygens (including phenoxy) is 2. The summed E-state index contributed by atoms with van der Waals surface area (Å²) in [6.07, 6.45) is -2.44. The van der Waals surface area contributed by atoms with Gasteiger partial charge in [0.2, 0.25) is 0 Å². The van der Waals surface area contributed by atoms with Crippen molar-refractivity contribution in [3.8, 4) is 23.5 Å². The van der Waals surface area contributed by atoms with Crippen LogP contribution in [0.15, 0.2) is 47.4 Å². The fraction of sp³-hybridized carbons (Fsp3) is 0.333. The number of pyridine rings is 1. The number of nitrogens with one attached hydrogen (secondary N) is 1. The summed E-state index contributed by atoms with van der Waals surface area (Å²) in [4.78, 5) is 20.5. The Labute approximate surface area is 211 Å². The molecule has 0 radical (unpaired) electrons. The van der Waals surface area contributed by atoms with Crippen LogP contribution in [0.3, 0.4) is 0 Å². The van der Waals surface area contributed by atoms with Crippen molar-refractivity contribution in [1.82, 2.24) is 14.5 Å². The number of fused-ring (bicyclic) bond motifs is 1. The molecule has 1 saturated carbocycles. The quantitative estimate of drug-likeness (QED) is 0.235. The third kappa shape index (κ3) is 5.25. The van der Waals surface area contributed by atoms with Crippen molar-refractivity contribution < 1.29 is 46.4 Å². The van der Waals surface area contributed by atoms with Crippen molar-refractivity contribution in [2.24, 2.45) is 7.05 Å². The summed E-state index contributed by atoms with van der Waals surface area (Å²) >= 11 is 0. The van der Waals surface area contributed by atoms with Gasteiger partial charge in [-0.3, -0.25) is 4.98 Å². The number of aromatic amines is 1. The maximum absolute atomic E-state index is 13.6. The summed E-state index contributed by atoms with van der Waals surface area (Å²) < 4.78 is 65.1. The fourth-order valence-corrected chi connectivity index (χ4v) is 4.07. The first-order valence-corrected chi connectivity index (χ1v) is 11.6. The number of nitrogens with zero attached hydrogens (tertiary/aromatic N) is 4. The second-order valence-corrected chi connectivity index (χ2v) is 9.10. The van der Waals surface area contributed by atoms with E-state index in [0.29, 0.717) is 18.5 Å². The van der Waals surface area contributed by atoms with Crippen LogP contribution in [0.5, 0.6) is 23.5 Å². The number of aryl methyl sites for hydroxylation is 1. The van der Waals surface area contributed by atoms with E-state index < -0.39 is 29.1 Å². The Kier molecular flexibility index (Phi) is 6.21. The molecular formula is C24H23F4N5O5+2. The lowest BCUT2D eigenvalue weighted by molar-refractivity contribution is -0.678. The second kappa shape index (κ2) is 9.28. The first-order valence-electron chi connectivity index (χ1n) is 11.6. The third-order valence-electron chi connectivity index (χ3n) is 6.28. The number of halogens is 4. The summed E-state index contributed by atoms with van der Waals surface area (Å²) in [5.74, 6) is -1.11. The molecule has 0 saturated heterocycles. The van der Waals surface area contributed by atoms with Gasteiger partial charge in [-0.25, -0.2) is 9.18 Å². The van der Waals surface area contributed by atoms with E-state index in [1.165, 1.54) is 40.4 Å². The van der Waals surface area contributed by atoms with E-state index in [-0.39, 0.29) is 48.4 Å². The van der Waals surface area contributed by atoms with Crippen molar-refractivity contribution in [1.29, 1.82) is 0 Å². The topological polar surface area (TPSA) is 117 Å². The van der Waals surface area contributed by atoms with Crippen molar-refractivity contribution in [2.75, 3.05) is 0 Å². The van der Waals surface area contributed by atoms with Crippen LogP contribution in [0.4, 0.5) is 17.6 Å². The first-order chi connectivity index (χ1) is 17.9. The molecule has 14 heteroatoms. The minimum Gasteiger partial charge on any atom is -0.458 e. The van der Waals surface area contributed by atoms with Gasteiger partial charge in [-0.1, -0.05) is 6.07 Å². The minimum absolute atomic E-state index is 0.0396. The zero-order chi connectivity index (χ0) is 27.2. The molecule has 0 unspecified atom stereocenters. The second-order valence-electron chi connectivity index (χ2n) is 9.10. The predicted molar refractivity (Wildman–Crippen MR) is 121 cm³/mol. The Bertz CT molecular complexity index is 1560. The Balaban J connectivity index is 1.61. The first kappa shape index (κ1) is 25.4. The lowest BCUT2D eigenvalue weighted by atomic mass is 10.2. The van der Waals surface area contributed by atoms with E-state index in [9.17, 15) is 32.6 Å². The van der Waals surface area contributed by atoms with E-state index in [4.69, 9.17) is 4.74 Å². The molecule has 1 aliphatic rings. The number of alkyl halides is 3. The minimum atomic E-state index is -4.90. The summed E-state index contributed by atoms with van der Waals surface area (Å²) in [5, 5.41) is 21.0. The van der Waals surface area contributed by atoms with Gasteiger partial charge < -0.3 is 19.7 Å². The average Bonchev–Trinajstić information content (AvgIpc) is 3.48. The molecule has 3 N–H and O–H groups in total. The van der Waals surface area contributed by atoms with Gasteiger partial charge >= 0.3 is 29.6 Å². The highest BCUT2D eigenvalue weighted by Gasteiger charge is 2.41. The highest BCUT2D eigenvalue weighted by atomic mass is 19.4. The number of H-pyrrole nitrogens is 1. The molecule has 1 fully saturated rings. The van der Waals surface area contributed by atoms with Crippen molar-refractivity contribution in [3.05, 3.63) is 64.5 Å². The zero-order valence-electron chi connectivity index (χ0n) is 20.0. The molecule has 0 aliphatic heterocycles. The van der Waals surface area contributed by atoms with Crippen LogP contribution in [-0.2, 0) is 20.1 Å². The number of hydrogen-bond acceptors (Lipinski definition) is 6. The highest BCUT2D eigenvalue weighted by Crippen LogP contribution is 2.38. The van der Waals surface area contributed by atoms with E-state index in [1.807, 2.05) is 0 Å². The van der Waals surface area contributed by atoms with Crippen molar-refractivity contribution >= 4 is 11.2 Å². The maximum atomic E-state index is 13.6. The van der Waals surface area contributed by atoms with Gasteiger partial charge in [0, 0.05) is 12.5 Å². The van der Waals surface area contributed by atoms with Gasteiger partial charge in [0.1, 0.15) is 23.9 Å². The summed E-state index contributed by atoms with van der Waals surface area (Å²) in [6, 6.07) is 6.96. The van der Waals surface area contributed by atoms with Gasteiger partial charge in [-0.05, 0) is 37.1 Å². The van der Waals surface area contributed by atoms with Crippen LogP contribution in [0.2, 0.25) is 0 Å². The Morgan fingerprint density at radius 3 is 2.61 bits per heavy atom. The van der Waals surface area contributed by atoms with Gasteiger partial charge in [0.05, 0.1) is 31.1 Å². The molecule has 0 amide bonds. The lowest BCUT2D eigenvalue weighted by Crippen LogP contribution is -2.45. The normalized spacial score (nSPS) is 14.6. The van der Waals surface area contributed by atoms with E-state index in [0.717, 1.165) is 22.9 Å². The lowest BCUT2D eigenvalue weighted by Gasteiger charge is -2.10. The molecule has 38 heavy (non-hydrogen) atoms. The number of hydrogen-bond donors (Lipinski definition) is 3. The smallest absolute Gasteiger partial charge is 0.458 e. The predicted octanol–water partition coefficient (Wildman–Crippen LogP) is 2.34. The maximum Gasteiger partial charge on any atom is 0.573 e. The van der Waals surface area contributed by atoms with Gasteiger partial charge in [0.15, 0.2) is 0 Å². The molecule has 1 aromatic carbocycles. The SMILES string of the molecule is C[n+]1c(O)n(CCC2(O)CC2)c(=O)c2c1[nH]c(Oc1cccc(OC(F)(F)F)c1)[n+]2Cc1ccc(F)cn1. The third-order valence-corrected chi connectivity index (χ3v) is 6.28. The number of aromatic hydroxyl groups is 1. The van der Waals surface area contributed by atoms with E-state index >= 15 is 0 Å². The molecular weight excluding hydrogens is 514 g/mol.